The fraction of sp³-hybridized carbons (Fsp3) is 0.538. The minimum Gasteiger partial charge on any atom is -0.165 e. The van der Waals surface area contributed by atoms with E-state index in [0.717, 1.165) is 29.2 Å². The van der Waals surface area contributed by atoms with Crippen molar-refractivity contribution in [2.45, 2.75) is 18.3 Å². The van der Waals surface area contributed by atoms with Gasteiger partial charge in [0.25, 0.3) is 0 Å². The van der Waals surface area contributed by atoms with Crippen molar-refractivity contribution in [2.24, 2.45) is 0 Å². The fourth-order valence-corrected chi connectivity index (χ4v) is 3.50. The van der Waals surface area contributed by atoms with E-state index in [2.05, 4.69) is 6.26 Å². The van der Waals surface area contributed by atoms with Gasteiger partial charge in [0.2, 0.25) is 0 Å². The van der Waals surface area contributed by atoms with E-state index in [1.165, 1.54) is 0 Å². The second kappa shape index (κ2) is 7.78. The minimum absolute atomic E-state index is 0.197. The van der Waals surface area contributed by atoms with Gasteiger partial charge in [-0.3, -0.25) is 0 Å². The first kappa shape index (κ1) is 15.5. The molecule has 1 aromatic rings. The smallest absolute Gasteiger partial charge is 0.0444 e. The summed E-state index contributed by atoms with van der Waals surface area (Å²) in [6.45, 7) is 0. The number of rotatable bonds is 7. The highest BCUT2D eigenvalue weighted by atomic mass is 35.5. The van der Waals surface area contributed by atoms with Gasteiger partial charge in [0.15, 0.2) is 0 Å². The summed E-state index contributed by atoms with van der Waals surface area (Å²) in [5.74, 6) is 2.14. The molecule has 0 saturated heterocycles. The average Bonchev–Trinajstić information content (AvgIpc) is 2.36. The number of hydrogen-bond donors (Lipinski definition) is 0. The van der Waals surface area contributed by atoms with Gasteiger partial charge in [-0.15, -0.1) is 23.2 Å². The third-order valence-electron chi connectivity index (χ3n) is 2.96. The minimum atomic E-state index is -0.197. The van der Waals surface area contributed by atoms with Gasteiger partial charge in [0.05, 0.1) is 0 Å². The van der Waals surface area contributed by atoms with Gasteiger partial charge in [-0.05, 0) is 36.5 Å². The molecule has 0 amide bonds. The second-order valence-electron chi connectivity index (χ2n) is 4.12. The molecular weight excluding hydrogens is 295 g/mol. The Bertz CT molecular complexity index is 337. The summed E-state index contributed by atoms with van der Waals surface area (Å²) < 4.78 is 0. The molecule has 1 rings (SSSR count). The zero-order valence-corrected chi connectivity index (χ0v) is 13.0. The first-order chi connectivity index (χ1) is 8.20. The average molecular weight is 312 g/mol. The maximum Gasteiger partial charge on any atom is 0.0444 e. The predicted octanol–water partition coefficient (Wildman–Crippen LogP) is 5.20. The van der Waals surface area contributed by atoms with E-state index < -0.39 is 0 Å². The van der Waals surface area contributed by atoms with Crippen molar-refractivity contribution in [3.63, 3.8) is 0 Å². The van der Waals surface area contributed by atoms with Gasteiger partial charge in [-0.1, -0.05) is 29.8 Å². The highest BCUT2D eigenvalue weighted by molar-refractivity contribution is 7.98. The molecule has 0 spiro atoms. The molecule has 0 N–H and O–H groups in total. The van der Waals surface area contributed by atoms with Crippen molar-refractivity contribution in [1.29, 1.82) is 0 Å². The maximum absolute atomic E-state index is 6.26. The Hall–Kier alpha value is 0.440. The van der Waals surface area contributed by atoms with Crippen LogP contribution < -0.4 is 0 Å². The third-order valence-corrected chi connectivity index (χ3v) is 5.01. The quantitative estimate of drug-likeness (QED) is 0.493. The zero-order valence-electron chi connectivity index (χ0n) is 9.89. The molecule has 0 saturated carbocycles. The molecule has 4 heteroatoms. The summed E-state index contributed by atoms with van der Waals surface area (Å²) in [6, 6.07) is 7.86. The summed E-state index contributed by atoms with van der Waals surface area (Å²) >= 11 is 20.4. The molecule has 0 heterocycles. The Kier molecular flexibility index (Phi) is 7.10. The molecule has 0 fully saturated rings. The monoisotopic (exact) mass is 310 g/mol. The molecule has 0 aliphatic carbocycles. The third kappa shape index (κ3) is 3.96. The van der Waals surface area contributed by atoms with E-state index in [1.807, 2.05) is 36.0 Å². The highest BCUT2D eigenvalue weighted by Gasteiger charge is 2.31. The lowest BCUT2D eigenvalue weighted by atomic mass is 9.80. The summed E-state index contributed by atoms with van der Waals surface area (Å²) in [4.78, 5) is 0. The Morgan fingerprint density at radius 1 is 1.18 bits per heavy atom. The Balaban J connectivity index is 2.94. The summed E-state index contributed by atoms with van der Waals surface area (Å²) in [5, 5.41) is 0.762. The molecule has 96 valence electrons. The SMILES string of the molecule is CSCCCC(CCl)(CCl)c1ccccc1Cl. The first-order valence-corrected chi connectivity index (χ1v) is 8.40. The van der Waals surface area contributed by atoms with Crippen LogP contribution in [0, 0.1) is 0 Å². The Morgan fingerprint density at radius 3 is 2.35 bits per heavy atom. The summed E-state index contributed by atoms with van der Waals surface area (Å²) in [5.41, 5.74) is 0.879. The lowest BCUT2D eigenvalue weighted by Gasteiger charge is -2.31. The molecule has 0 aliphatic rings. The van der Waals surface area contributed by atoms with Crippen LogP contribution >= 0.6 is 46.6 Å². The summed E-state index contributed by atoms with van der Waals surface area (Å²) in [7, 11) is 0. The van der Waals surface area contributed by atoms with E-state index in [4.69, 9.17) is 34.8 Å². The lowest BCUT2D eigenvalue weighted by Crippen LogP contribution is -2.31. The molecule has 1 aromatic carbocycles. The van der Waals surface area contributed by atoms with Crippen molar-refractivity contribution >= 4 is 46.6 Å². The molecule has 0 atom stereocenters. The van der Waals surface area contributed by atoms with E-state index in [0.29, 0.717) is 11.8 Å². The van der Waals surface area contributed by atoms with Gasteiger partial charge < -0.3 is 0 Å². The molecule has 0 aromatic heterocycles. The van der Waals surface area contributed by atoms with Crippen LogP contribution in [0.1, 0.15) is 18.4 Å². The molecule has 0 aliphatic heterocycles. The standard InChI is InChI=1S/C13H17Cl3S/c1-17-8-4-7-13(9-14,10-15)11-5-2-3-6-12(11)16/h2-3,5-6H,4,7-10H2,1H3. The van der Waals surface area contributed by atoms with Gasteiger partial charge in [0, 0.05) is 22.2 Å². The largest absolute Gasteiger partial charge is 0.165 e. The Labute approximate surface area is 123 Å². The van der Waals surface area contributed by atoms with E-state index in [-0.39, 0.29) is 5.41 Å². The Morgan fingerprint density at radius 2 is 1.82 bits per heavy atom. The second-order valence-corrected chi connectivity index (χ2v) is 6.05. The van der Waals surface area contributed by atoms with Crippen LogP contribution in [0.3, 0.4) is 0 Å². The van der Waals surface area contributed by atoms with Crippen LogP contribution in [0.25, 0.3) is 0 Å². The van der Waals surface area contributed by atoms with E-state index >= 15 is 0 Å². The lowest BCUT2D eigenvalue weighted by molar-refractivity contribution is 0.487. The normalized spacial score (nSPS) is 11.8. The van der Waals surface area contributed by atoms with E-state index in [1.54, 1.807) is 0 Å². The highest BCUT2D eigenvalue weighted by Crippen LogP contribution is 2.36. The topological polar surface area (TPSA) is 0 Å². The van der Waals surface area contributed by atoms with Crippen LogP contribution in [0.15, 0.2) is 24.3 Å². The van der Waals surface area contributed by atoms with Crippen molar-refractivity contribution in [3.8, 4) is 0 Å². The van der Waals surface area contributed by atoms with Crippen LogP contribution in [0.4, 0.5) is 0 Å². The first-order valence-electron chi connectivity index (χ1n) is 5.56. The molecular formula is C13H17Cl3S. The number of halogens is 3. The van der Waals surface area contributed by atoms with Crippen molar-refractivity contribution in [1.82, 2.24) is 0 Å². The number of thioether (sulfide) groups is 1. The van der Waals surface area contributed by atoms with Crippen molar-refractivity contribution in [3.05, 3.63) is 34.9 Å². The number of benzene rings is 1. The maximum atomic E-state index is 6.26. The summed E-state index contributed by atoms with van der Waals surface area (Å²) in [6.07, 6.45) is 4.19. The van der Waals surface area contributed by atoms with Gasteiger partial charge >= 0.3 is 0 Å². The van der Waals surface area contributed by atoms with Crippen LogP contribution in [0.5, 0.6) is 0 Å². The molecule has 0 bridgehead atoms. The molecule has 0 radical (unpaired) electrons. The van der Waals surface area contributed by atoms with E-state index in [9.17, 15) is 0 Å². The van der Waals surface area contributed by atoms with Gasteiger partial charge in [-0.2, -0.15) is 11.8 Å². The van der Waals surface area contributed by atoms with Crippen molar-refractivity contribution < 1.29 is 0 Å². The number of hydrogen-bond acceptors (Lipinski definition) is 1. The zero-order chi connectivity index (χ0) is 12.7. The van der Waals surface area contributed by atoms with Crippen LogP contribution in [0.2, 0.25) is 5.02 Å². The van der Waals surface area contributed by atoms with Crippen LogP contribution in [-0.2, 0) is 5.41 Å². The van der Waals surface area contributed by atoms with Gasteiger partial charge in [-0.25, -0.2) is 0 Å². The van der Waals surface area contributed by atoms with Gasteiger partial charge in [0.1, 0.15) is 0 Å². The molecule has 0 nitrogen and oxygen atoms in total. The number of alkyl halides is 2. The predicted molar refractivity (Wildman–Crippen MR) is 82.2 cm³/mol. The van der Waals surface area contributed by atoms with Crippen molar-refractivity contribution in [2.75, 3.05) is 23.8 Å². The molecule has 17 heavy (non-hydrogen) atoms. The molecule has 0 unspecified atom stereocenters. The fourth-order valence-electron chi connectivity index (χ4n) is 1.89. The van der Waals surface area contributed by atoms with Crippen LogP contribution in [-0.4, -0.2) is 23.8 Å².